The van der Waals surface area contributed by atoms with Crippen LogP contribution in [0.5, 0.6) is 0 Å². The summed E-state index contributed by atoms with van der Waals surface area (Å²) in [7, 11) is 96.0. The summed E-state index contributed by atoms with van der Waals surface area (Å²) in [5.74, 6) is -0.288. The highest BCUT2D eigenvalue weighted by molar-refractivity contribution is 8.83. The number of hydrogen-bond donors (Lipinski definition) is 0. The van der Waals surface area contributed by atoms with Gasteiger partial charge in [-0.3, -0.25) is 0 Å². The maximum absolute atomic E-state index is 8.65. The number of rotatable bonds is 4. The summed E-state index contributed by atoms with van der Waals surface area (Å²) < 4.78 is 103. The zero-order valence-electron chi connectivity index (χ0n) is 55.1. The fraction of sp³-hybridized carbons (Fsp3) is 0.176. The molecule has 0 bridgehead atoms. The Balaban J connectivity index is 0.000000333. The first kappa shape index (κ1) is 78.0. The van der Waals surface area contributed by atoms with E-state index < -0.39 is 78.7 Å². The molecule has 0 atom stereocenters. The monoisotopic (exact) mass is 2320 g/mol. The van der Waals surface area contributed by atoms with Crippen LogP contribution in [-0.2, 0) is 511 Å². The van der Waals surface area contributed by atoms with Crippen LogP contribution in [0.1, 0.15) is 41.4 Å². The highest BCUT2D eigenvalue weighted by Crippen LogP contribution is 2.39. The second kappa shape index (κ2) is 61.6. The van der Waals surface area contributed by atoms with Crippen LogP contribution in [0.2, 0.25) is 0 Å². The van der Waals surface area contributed by atoms with Crippen LogP contribution in [0.25, 0.3) is 55.8 Å². The molecule has 0 radical (unpaired) electrons. The predicted molar refractivity (Wildman–Crippen MR) is 574 cm³/mol. The molecule has 1 fully saturated rings. The molecule has 0 amide bonds. The van der Waals surface area contributed by atoms with Crippen molar-refractivity contribution in [3.8, 4) is 33.9 Å². The minimum absolute atomic E-state index is 0.100. The molecule has 1 aliphatic heterocycles. The smallest absolute Gasteiger partial charge is 0.456 e. The Morgan fingerprint density at radius 2 is 0.646 bits per heavy atom. The largest absolute Gasteiger partial charge is 0.494 e. The van der Waals surface area contributed by atoms with E-state index in [4.69, 9.17) is 54.8 Å². The molecule has 3 heterocycles. The fourth-order valence-electron chi connectivity index (χ4n) is 5.34. The molecule has 1 saturated heterocycles. The van der Waals surface area contributed by atoms with Gasteiger partial charge in [0.15, 0.2) is 5.82 Å². The van der Waals surface area contributed by atoms with Gasteiger partial charge in [0.25, 0.3) is 0 Å². The average Bonchev–Trinajstić information content (AvgIpc) is 1.47. The molecular weight excluding hydrogens is 2290 g/mol. The van der Waals surface area contributed by atoms with Crippen LogP contribution in [-0.4, -0.2) is 28.3 Å². The maximum atomic E-state index is 8.65. The third kappa shape index (κ3) is 41.2. The van der Waals surface area contributed by atoms with Crippen LogP contribution < -0.4 is 5.46 Å². The Hall–Kier alpha value is 8.06. The minimum atomic E-state index is -0.660. The van der Waals surface area contributed by atoms with Crippen LogP contribution in [0.3, 0.4) is 0 Å². The number of hydrogen-bond acceptors (Lipinski definition) is 7. The summed E-state index contributed by atoms with van der Waals surface area (Å²) >= 11 is 9.63. The third-order valence-corrected chi connectivity index (χ3v) is 127. The summed E-state index contributed by atoms with van der Waals surface area (Å²) in [5, 5.41) is 1.31. The second-order valence-corrected chi connectivity index (χ2v) is 110. The van der Waals surface area contributed by atoms with Crippen LogP contribution in [0.15, 0.2) is 107 Å². The van der Waals surface area contributed by atoms with E-state index in [1.165, 1.54) is 23.8 Å². The van der Waals surface area contributed by atoms with Crippen molar-refractivity contribution >= 4 is 536 Å². The lowest BCUT2D eigenvalue weighted by atomic mass is 9.78. The Kier molecular flexibility index (Phi) is 50.0. The van der Waals surface area contributed by atoms with Crippen LogP contribution in [0, 0.1) is 0 Å². The zero-order chi connectivity index (χ0) is 76.4. The van der Waals surface area contributed by atoms with E-state index in [2.05, 4.69) is 4.98 Å². The van der Waals surface area contributed by atoms with E-state index in [-0.39, 0.29) is 28.3 Å². The molecule has 6 aromatic rings. The Morgan fingerprint density at radius 3 is 0.969 bits per heavy atom. The summed E-state index contributed by atoms with van der Waals surface area (Å²) in [6.07, 6.45) is 0. The lowest BCUT2D eigenvalue weighted by Crippen LogP contribution is -2.41. The number of fused-ring (bicyclic) bond motifs is 3. The molecule has 1 aliphatic rings. The third-order valence-electron chi connectivity index (χ3n) is 9.00. The first-order valence-electron chi connectivity index (χ1n) is 26.9. The lowest BCUT2D eigenvalue weighted by molar-refractivity contribution is 0.00578. The molecule has 4 aromatic carbocycles. The topological polar surface area (TPSA) is 57.4 Å². The normalized spacial score (nSPS) is 12.7. The summed E-state index contributed by atoms with van der Waals surface area (Å²) in [5.41, 5.74) is 0.698. The molecule has 0 unspecified atom stereocenters. The molecular formula is C34H29BN2O3S56. The van der Waals surface area contributed by atoms with Crippen molar-refractivity contribution in [1.82, 2.24) is 9.97 Å². The van der Waals surface area contributed by atoms with Crippen molar-refractivity contribution < 1.29 is 27.4 Å². The molecule has 0 spiro atoms. The highest BCUT2D eigenvalue weighted by Gasteiger charge is 2.51. The average molecular weight is 2330 g/mol. The van der Waals surface area contributed by atoms with Gasteiger partial charge >= 0.3 is 7.12 Å². The van der Waals surface area contributed by atoms with E-state index in [1.807, 2.05) is 401 Å². The van der Waals surface area contributed by atoms with E-state index in [0.717, 1.165) is 5.46 Å². The first-order chi connectivity index (χ1) is 51.3. The SMILES string of the molecule is S=S=S=S=S=S=S=S=S=S=S=S=S=S=S=S=S=S=S=S=S=S=S=S=S=S=S=S=S=S=S=S=S=S=S=S=S=S=S=S=S=S=S=S=S=S=S=S=S=S=S=S=S=S=S=S.[2H]c1c([2H])c([2H])c(-c2cc(-c3cccc4oc5ccc(B6OC(C)(C)C(C)(C)O6)cc5c34)nc(-c3c([2H])c([2H])c([2H])c([2H])c3[2H])n2)c([2H])c1[2H]. The highest BCUT2D eigenvalue weighted by atomic mass is 33.5. The predicted octanol–water partition coefficient (Wildman–Crippen LogP) is 7.54. The molecule has 532 valence electrons. The molecule has 0 N–H and O–H groups in total. The van der Waals surface area contributed by atoms with Gasteiger partial charge in [0.1, 0.15) is 11.2 Å². The quantitative estimate of drug-likeness (QED) is 0.169. The molecule has 2 aromatic heterocycles. The molecule has 7 rings (SSSR count). The van der Waals surface area contributed by atoms with Gasteiger partial charge in [0, 0.05) is 529 Å². The van der Waals surface area contributed by atoms with Crippen molar-refractivity contribution in [1.29, 1.82) is 0 Å². The first-order valence-corrected chi connectivity index (χ1v) is 95.3. The molecule has 62 heteroatoms. The van der Waals surface area contributed by atoms with Crippen molar-refractivity contribution in [3.63, 3.8) is 0 Å². The Bertz CT molecular complexity index is 6900. The zero-order valence-corrected chi connectivity index (χ0v) is 90.8. The second-order valence-electron chi connectivity index (χ2n) is 14.3. The molecule has 0 aliphatic carbocycles. The molecule has 96 heavy (non-hydrogen) atoms. The lowest BCUT2D eigenvalue weighted by Gasteiger charge is -2.32. The van der Waals surface area contributed by atoms with Crippen molar-refractivity contribution in [3.05, 3.63) is 103 Å². The number of furan rings is 1. The van der Waals surface area contributed by atoms with Gasteiger partial charge in [-0.15, -0.1) is 0 Å². The van der Waals surface area contributed by atoms with Gasteiger partial charge in [-0.2, -0.15) is 0 Å². The van der Waals surface area contributed by atoms with E-state index in [0.29, 0.717) is 27.5 Å². The van der Waals surface area contributed by atoms with Crippen LogP contribution in [0.4, 0.5) is 0 Å². The number of benzene rings is 4. The fourth-order valence-corrected chi connectivity index (χ4v) is 148. The minimum Gasteiger partial charge on any atom is -0.456 e. The molecule has 5 nitrogen and oxygen atoms in total. The number of aromatic nitrogens is 2. The van der Waals surface area contributed by atoms with E-state index in [9.17, 15) is 0 Å². The van der Waals surface area contributed by atoms with E-state index >= 15 is 0 Å². The van der Waals surface area contributed by atoms with Gasteiger partial charge in [0.2, 0.25) is 0 Å². The van der Waals surface area contributed by atoms with Gasteiger partial charge in [0.05, 0.1) is 36.3 Å². The van der Waals surface area contributed by atoms with Gasteiger partial charge in [-0.05, 0) is 51.4 Å². The van der Waals surface area contributed by atoms with Gasteiger partial charge in [-0.1, -0.05) is 84.7 Å². The number of nitrogens with zero attached hydrogens (tertiary/aromatic N) is 2. The van der Waals surface area contributed by atoms with Crippen molar-refractivity contribution in [2.45, 2.75) is 38.9 Å². The summed E-state index contributed by atoms with van der Waals surface area (Å²) in [6, 6.07) is 6.62. The Labute approximate surface area is 733 Å². The standard InChI is InChI=1S/C34H29BN2O3.S56/c1-33(2)34(3,4)40-35(39-33)24-18-19-29-26(20-24)31-25(16-11-17-30(31)38-29)28-21-27(22-12-7-5-8-13-22)36-32(37-28)23-14-9-6-10-15-23;1-3-5-7-9-11-13-15-17-19-21-23-25-27-29-31-33-35-37-39-41-43-45-47-49-51-53-55-56-54-52-50-48-46-44-42-40-38-36-34-32-30-28-26-24-22-20-18-16-14-12-10-8-6-4-2/h5-21H,1-4H3;/i5D,6D,7D,8D,9D,10D,12D,13D,14D,15D;. The van der Waals surface area contributed by atoms with Crippen molar-refractivity contribution in [2.75, 3.05) is 0 Å². The van der Waals surface area contributed by atoms with Gasteiger partial charge < -0.3 is 13.7 Å². The van der Waals surface area contributed by atoms with Gasteiger partial charge in [-0.25, -0.2) is 9.97 Å². The maximum Gasteiger partial charge on any atom is 0.494 e. The molecule has 0 saturated carbocycles. The Morgan fingerprint density at radius 1 is 0.344 bits per heavy atom. The van der Waals surface area contributed by atoms with Crippen LogP contribution >= 0.6 is 0 Å². The summed E-state index contributed by atoms with van der Waals surface area (Å²) in [4.78, 5) is 9.19. The summed E-state index contributed by atoms with van der Waals surface area (Å²) in [6.45, 7) is 7.86. The van der Waals surface area contributed by atoms with Crippen molar-refractivity contribution in [2.24, 2.45) is 0 Å². The van der Waals surface area contributed by atoms with E-state index in [1.54, 1.807) is 125 Å².